The SMILES string of the molecule is O=C(O)c1ccc2nnc(-c3cc(F)ccc3O)n2c1. The number of hydrogen-bond acceptors (Lipinski definition) is 4. The number of carbonyl (C=O) groups is 1. The average molecular weight is 273 g/mol. The molecule has 0 saturated heterocycles. The highest BCUT2D eigenvalue weighted by atomic mass is 19.1. The van der Waals surface area contributed by atoms with Crippen molar-refractivity contribution < 1.29 is 19.4 Å². The summed E-state index contributed by atoms with van der Waals surface area (Å²) in [5.74, 6) is -1.64. The predicted octanol–water partition coefficient (Wildman–Crippen LogP) is 1.94. The Balaban J connectivity index is 2.28. The zero-order valence-electron chi connectivity index (χ0n) is 9.99. The van der Waals surface area contributed by atoms with E-state index in [1.54, 1.807) is 0 Å². The zero-order chi connectivity index (χ0) is 14.3. The number of nitrogens with zero attached hydrogens (tertiary/aromatic N) is 3. The molecule has 0 amide bonds. The van der Waals surface area contributed by atoms with Gasteiger partial charge in [0.1, 0.15) is 11.6 Å². The summed E-state index contributed by atoms with van der Waals surface area (Å²) in [6, 6.07) is 6.30. The Kier molecular flexibility index (Phi) is 2.60. The van der Waals surface area contributed by atoms with Gasteiger partial charge in [0.05, 0.1) is 11.1 Å². The van der Waals surface area contributed by atoms with Crippen molar-refractivity contribution in [1.82, 2.24) is 14.6 Å². The van der Waals surface area contributed by atoms with E-state index in [1.165, 1.54) is 28.8 Å². The quantitative estimate of drug-likeness (QED) is 0.745. The van der Waals surface area contributed by atoms with Crippen LogP contribution in [-0.2, 0) is 0 Å². The van der Waals surface area contributed by atoms with Gasteiger partial charge in [0.2, 0.25) is 0 Å². The molecule has 1 aromatic carbocycles. The van der Waals surface area contributed by atoms with E-state index in [0.29, 0.717) is 5.65 Å². The first-order valence-electron chi connectivity index (χ1n) is 5.63. The maximum absolute atomic E-state index is 13.3. The Labute approximate surface area is 111 Å². The second kappa shape index (κ2) is 4.30. The third kappa shape index (κ3) is 1.85. The number of benzene rings is 1. The molecular weight excluding hydrogens is 265 g/mol. The fourth-order valence-corrected chi connectivity index (χ4v) is 1.89. The van der Waals surface area contributed by atoms with Gasteiger partial charge in [-0.05, 0) is 30.3 Å². The molecule has 0 unspecified atom stereocenters. The van der Waals surface area contributed by atoms with Crippen LogP contribution in [-0.4, -0.2) is 30.8 Å². The first kappa shape index (κ1) is 12.1. The lowest BCUT2D eigenvalue weighted by atomic mass is 10.2. The van der Waals surface area contributed by atoms with Crippen LogP contribution in [0.25, 0.3) is 17.0 Å². The minimum absolute atomic E-state index is 0.0365. The number of pyridine rings is 1. The Bertz CT molecular complexity index is 829. The maximum atomic E-state index is 13.3. The van der Waals surface area contributed by atoms with Gasteiger partial charge in [0.15, 0.2) is 11.5 Å². The van der Waals surface area contributed by atoms with Gasteiger partial charge in [-0.1, -0.05) is 0 Å². The van der Waals surface area contributed by atoms with E-state index < -0.39 is 11.8 Å². The Morgan fingerprint density at radius 2 is 2.00 bits per heavy atom. The topological polar surface area (TPSA) is 87.7 Å². The van der Waals surface area contributed by atoms with E-state index in [0.717, 1.165) is 12.1 Å². The molecule has 0 aliphatic heterocycles. The van der Waals surface area contributed by atoms with Crippen molar-refractivity contribution in [2.24, 2.45) is 0 Å². The Hall–Kier alpha value is -2.96. The number of carboxylic acid groups (broad SMARTS) is 1. The molecule has 3 aromatic rings. The fraction of sp³-hybridized carbons (Fsp3) is 0. The number of hydrogen-bond donors (Lipinski definition) is 2. The largest absolute Gasteiger partial charge is 0.507 e. The molecule has 2 aromatic heterocycles. The first-order chi connectivity index (χ1) is 9.56. The highest BCUT2D eigenvalue weighted by Crippen LogP contribution is 2.28. The van der Waals surface area contributed by atoms with Gasteiger partial charge in [0.25, 0.3) is 0 Å². The van der Waals surface area contributed by atoms with Gasteiger partial charge in [0, 0.05) is 6.20 Å². The summed E-state index contributed by atoms with van der Waals surface area (Å²) in [5.41, 5.74) is 0.572. The molecule has 0 fully saturated rings. The van der Waals surface area contributed by atoms with Crippen molar-refractivity contribution in [3.05, 3.63) is 47.9 Å². The van der Waals surface area contributed by atoms with Crippen molar-refractivity contribution in [3.63, 3.8) is 0 Å². The van der Waals surface area contributed by atoms with Gasteiger partial charge in [-0.15, -0.1) is 10.2 Å². The van der Waals surface area contributed by atoms with Crippen LogP contribution < -0.4 is 0 Å². The molecule has 0 bridgehead atoms. The number of phenolic OH excluding ortho intramolecular Hbond substituents is 1. The zero-order valence-corrected chi connectivity index (χ0v) is 9.99. The van der Waals surface area contributed by atoms with Gasteiger partial charge in [-0.3, -0.25) is 4.40 Å². The van der Waals surface area contributed by atoms with Crippen LogP contribution in [0.15, 0.2) is 36.5 Å². The molecule has 2 heterocycles. The monoisotopic (exact) mass is 273 g/mol. The van der Waals surface area contributed by atoms with E-state index in [-0.39, 0.29) is 22.7 Å². The van der Waals surface area contributed by atoms with Gasteiger partial charge in [-0.2, -0.15) is 0 Å². The number of carboxylic acids is 1. The summed E-state index contributed by atoms with van der Waals surface area (Å²) in [4.78, 5) is 11.0. The summed E-state index contributed by atoms with van der Waals surface area (Å²) in [7, 11) is 0. The second-order valence-corrected chi connectivity index (χ2v) is 4.14. The second-order valence-electron chi connectivity index (χ2n) is 4.14. The van der Waals surface area contributed by atoms with Crippen molar-refractivity contribution >= 4 is 11.6 Å². The average Bonchev–Trinajstić information content (AvgIpc) is 2.84. The van der Waals surface area contributed by atoms with E-state index in [1.807, 2.05) is 0 Å². The third-order valence-electron chi connectivity index (χ3n) is 2.85. The molecule has 3 rings (SSSR count). The molecule has 100 valence electrons. The standard InChI is InChI=1S/C13H8FN3O3/c14-8-2-3-10(18)9(5-8)12-16-15-11-4-1-7(13(19)20)6-17(11)12/h1-6,18H,(H,19,20). The smallest absolute Gasteiger partial charge is 0.337 e. The Morgan fingerprint density at radius 1 is 1.20 bits per heavy atom. The molecule has 0 aliphatic rings. The number of rotatable bonds is 2. The minimum Gasteiger partial charge on any atom is -0.507 e. The number of halogens is 1. The van der Waals surface area contributed by atoms with E-state index in [9.17, 15) is 14.3 Å². The van der Waals surface area contributed by atoms with Crippen molar-refractivity contribution in [2.45, 2.75) is 0 Å². The lowest BCUT2D eigenvalue weighted by Gasteiger charge is -2.04. The van der Waals surface area contributed by atoms with Crippen LogP contribution in [0.5, 0.6) is 5.75 Å². The summed E-state index contributed by atoms with van der Waals surface area (Å²) >= 11 is 0. The normalized spacial score (nSPS) is 10.8. The summed E-state index contributed by atoms with van der Waals surface area (Å²) in [5, 5.41) is 26.5. The van der Waals surface area contributed by atoms with Crippen molar-refractivity contribution in [2.75, 3.05) is 0 Å². The van der Waals surface area contributed by atoms with E-state index in [4.69, 9.17) is 5.11 Å². The number of aromatic carboxylic acids is 1. The van der Waals surface area contributed by atoms with Crippen LogP contribution in [0.3, 0.4) is 0 Å². The summed E-state index contributed by atoms with van der Waals surface area (Å²) in [6.07, 6.45) is 1.32. The third-order valence-corrected chi connectivity index (χ3v) is 2.85. The maximum Gasteiger partial charge on any atom is 0.337 e. The summed E-state index contributed by atoms with van der Waals surface area (Å²) < 4.78 is 14.7. The van der Waals surface area contributed by atoms with Crippen LogP contribution in [0, 0.1) is 5.82 Å². The summed E-state index contributed by atoms with van der Waals surface area (Å²) in [6.45, 7) is 0. The van der Waals surface area contributed by atoms with Crippen LogP contribution in [0.1, 0.15) is 10.4 Å². The fourth-order valence-electron chi connectivity index (χ4n) is 1.89. The van der Waals surface area contributed by atoms with E-state index >= 15 is 0 Å². The molecule has 0 aliphatic carbocycles. The van der Waals surface area contributed by atoms with Gasteiger partial charge in [-0.25, -0.2) is 9.18 Å². The molecule has 20 heavy (non-hydrogen) atoms. The highest BCUT2D eigenvalue weighted by molar-refractivity contribution is 5.87. The van der Waals surface area contributed by atoms with Gasteiger partial charge < -0.3 is 10.2 Å². The number of aromatic nitrogens is 3. The van der Waals surface area contributed by atoms with Crippen LogP contribution >= 0.6 is 0 Å². The highest BCUT2D eigenvalue weighted by Gasteiger charge is 2.14. The number of phenols is 1. The van der Waals surface area contributed by atoms with Crippen LogP contribution in [0.4, 0.5) is 4.39 Å². The van der Waals surface area contributed by atoms with Crippen molar-refractivity contribution in [1.29, 1.82) is 0 Å². The predicted molar refractivity (Wildman–Crippen MR) is 67.0 cm³/mol. The lowest BCUT2D eigenvalue weighted by molar-refractivity contribution is 0.0696. The molecule has 0 spiro atoms. The Morgan fingerprint density at radius 3 is 2.75 bits per heavy atom. The first-order valence-corrected chi connectivity index (χ1v) is 5.63. The molecule has 6 nitrogen and oxygen atoms in total. The number of fused-ring (bicyclic) bond motifs is 1. The molecule has 0 atom stereocenters. The molecular formula is C13H8FN3O3. The minimum atomic E-state index is -1.10. The van der Waals surface area contributed by atoms with Crippen molar-refractivity contribution in [3.8, 4) is 17.1 Å². The number of aromatic hydroxyl groups is 1. The molecule has 2 N–H and O–H groups in total. The molecule has 0 saturated carbocycles. The molecule has 7 heteroatoms. The van der Waals surface area contributed by atoms with E-state index in [2.05, 4.69) is 10.2 Å². The van der Waals surface area contributed by atoms with Gasteiger partial charge >= 0.3 is 5.97 Å². The van der Waals surface area contributed by atoms with Crippen LogP contribution in [0.2, 0.25) is 0 Å². The molecule has 0 radical (unpaired) electrons. The lowest BCUT2D eigenvalue weighted by Crippen LogP contribution is -1.99.